The molecule has 3 rings (SSSR count). The van der Waals surface area contributed by atoms with Crippen LogP contribution in [-0.4, -0.2) is 35.4 Å². The second-order valence-electron chi connectivity index (χ2n) is 5.92. The van der Waals surface area contributed by atoms with Gasteiger partial charge >= 0.3 is 0 Å². The number of hydrogen-bond acceptors (Lipinski definition) is 5. The van der Waals surface area contributed by atoms with Gasteiger partial charge in [-0.2, -0.15) is 5.26 Å². The summed E-state index contributed by atoms with van der Waals surface area (Å²) in [5, 5.41) is 23.3. The topological polar surface area (TPSA) is 78.2 Å². The Bertz CT molecular complexity index is 698. The van der Waals surface area contributed by atoms with Gasteiger partial charge in [-0.1, -0.05) is 12.1 Å². The Kier molecular flexibility index (Phi) is 5.06. The number of rotatable bonds is 5. The zero-order valence-corrected chi connectivity index (χ0v) is 13.0. The second kappa shape index (κ2) is 7.40. The molecule has 1 heterocycles. The summed E-state index contributed by atoms with van der Waals surface area (Å²) in [5.74, 6) is 0.771. The van der Waals surface area contributed by atoms with Gasteiger partial charge in [0, 0.05) is 35.8 Å². The van der Waals surface area contributed by atoms with Gasteiger partial charge in [-0.3, -0.25) is 4.98 Å². The van der Waals surface area contributed by atoms with E-state index in [9.17, 15) is 5.26 Å². The summed E-state index contributed by atoms with van der Waals surface area (Å²) in [6.07, 6.45) is 7.57. The summed E-state index contributed by atoms with van der Waals surface area (Å²) in [6.45, 7) is 0.829. The molecule has 5 heteroatoms. The molecule has 2 N–H and O–H groups in total. The number of nitriles is 1. The number of fused-ring (bicyclic) bond motifs is 1. The van der Waals surface area contributed by atoms with Gasteiger partial charge in [-0.15, -0.1) is 0 Å². The van der Waals surface area contributed by atoms with Crippen LogP contribution in [0.1, 0.15) is 31.2 Å². The molecule has 1 fully saturated rings. The molecular formula is C18H21N3O2. The molecule has 0 aliphatic heterocycles. The molecule has 0 bridgehead atoms. The summed E-state index contributed by atoms with van der Waals surface area (Å²) in [5.41, 5.74) is 0.552. The monoisotopic (exact) mass is 311 g/mol. The van der Waals surface area contributed by atoms with Crippen molar-refractivity contribution in [1.82, 2.24) is 10.3 Å². The first-order chi connectivity index (χ1) is 11.3. The molecule has 0 atom stereocenters. The van der Waals surface area contributed by atoms with Crippen LogP contribution in [-0.2, 0) is 0 Å². The van der Waals surface area contributed by atoms with Crippen LogP contribution in [0.2, 0.25) is 0 Å². The Labute approximate surface area is 135 Å². The highest BCUT2D eigenvalue weighted by molar-refractivity contribution is 5.92. The van der Waals surface area contributed by atoms with Crippen molar-refractivity contribution in [2.24, 2.45) is 0 Å². The first kappa shape index (κ1) is 15.7. The van der Waals surface area contributed by atoms with Crippen molar-refractivity contribution in [3.05, 3.63) is 36.2 Å². The molecule has 1 aliphatic carbocycles. The number of nitrogens with one attached hydrogen (secondary N) is 1. The van der Waals surface area contributed by atoms with Crippen LogP contribution in [0.4, 0.5) is 0 Å². The van der Waals surface area contributed by atoms with Crippen LogP contribution >= 0.6 is 0 Å². The number of aliphatic hydroxyl groups is 1. The van der Waals surface area contributed by atoms with Crippen LogP contribution in [0.25, 0.3) is 10.8 Å². The number of hydrogen-bond donors (Lipinski definition) is 2. The molecule has 5 nitrogen and oxygen atoms in total. The molecule has 2 aromatic rings. The van der Waals surface area contributed by atoms with Crippen molar-refractivity contribution >= 4 is 10.8 Å². The van der Waals surface area contributed by atoms with E-state index in [0.717, 1.165) is 42.2 Å². The van der Waals surface area contributed by atoms with Gasteiger partial charge < -0.3 is 15.2 Å². The molecule has 1 saturated carbocycles. The third-order valence-corrected chi connectivity index (χ3v) is 4.38. The van der Waals surface area contributed by atoms with Gasteiger partial charge in [0.15, 0.2) is 0 Å². The van der Waals surface area contributed by atoms with Crippen LogP contribution in [0.3, 0.4) is 0 Å². The van der Waals surface area contributed by atoms with E-state index in [1.54, 1.807) is 12.4 Å². The summed E-state index contributed by atoms with van der Waals surface area (Å²) in [4.78, 5) is 4.10. The summed E-state index contributed by atoms with van der Waals surface area (Å²) >= 11 is 0. The van der Waals surface area contributed by atoms with Crippen LogP contribution in [0.15, 0.2) is 30.6 Å². The fraction of sp³-hybridized carbons (Fsp3) is 0.444. The molecule has 0 radical (unpaired) electrons. The Hall–Kier alpha value is -2.16. The lowest BCUT2D eigenvalue weighted by atomic mass is 9.93. The second-order valence-corrected chi connectivity index (χ2v) is 5.92. The van der Waals surface area contributed by atoms with Crippen LogP contribution in [0, 0.1) is 11.3 Å². The largest absolute Gasteiger partial charge is 0.490 e. The van der Waals surface area contributed by atoms with E-state index in [1.807, 2.05) is 18.2 Å². The number of ether oxygens (including phenoxy) is 1. The van der Waals surface area contributed by atoms with Gasteiger partial charge in [0.05, 0.1) is 18.3 Å². The van der Waals surface area contributed by atoms with E-state index in [2.05, 4.69) is 16.4 Å². The SMILES string of the molecule is N#Cc1cncc2cccc(O[C@H]3CC[C@@H](NCCO)CC3)c12. The van der Waals surface area contributed by atoms with E-state index < -0.39 is 0 Å². The predicted molar refractivity (Wildman–Crippen MR) is 88.2 cm³/mol. The fourth-order valence-electron chi connectivity index (χ4n) is 3.22. The summed E-state index contributed by atoms with van der Waals surface area (Å²) in [6, 6.07) is 8.49. The molecular weight excluding hydrogens is 290 g/mol. The average molecular weight is 311 g/mol. The quantitative estimate of drug-likeness (QED) is 0.886. The highest BCUT2D eigenvalue weighted by Crippen LogP contribution is 2.31. The molecule has 0 amide bonds. The maximum atomic E-state index is 9.31. The molecule has 0 saturated heterocycles. The van der Waals surface area contributed by atoms with Crippen LogP contribution < -0.4 is 10.1 Å². The van der Waals surface area contributed by atoms with Crippen molar-refractivity contribution in [1.29, 1.82) is 5.26 Å². The molecule has 1 aromatic heterocycles. The lowest BCUT2D eigenvalue weighted by molar-refractivity contribution is 0.139. The predicted octanol–water partition coefficient (Wildman–Crippen LogP) is 2.38. The summed E-state index contributed by atoms with van der Waals surface area (Å²) in [7, 11) is 0. The first-order valence-corrected chi connectivity index (χ1v) is 8.09. The number of benzene rings is 1. The molecule has 23 heavy (non-hydrogen) atoms. The normalized spacial score (nSPS) is 21.0. The van der Waals surface area contributed by atoms with Gasteiger partial charge in [0.1, 0.15) is 11.8 Å². The molecule has 1 aliphatic rings. The average Bonchev–Trinajstić information content (AvgIpc) is 2.61. The lowest BCUT2D eigenvalue weighted by Crippen LogP contribution is -2.37. The minimum absolute atomic E-state index is 0.174. The molecule has 1 aromatic carbocycles. The number of nitrogens with zero attached hydrogens (tertiary/aromatic N) is 2. The van der Waals surface area contributed by atoms with Gasteiger partial charge in [-0.05, 0) is 31.7 Å². The maximum absolute atomic E-state index is 9.31. The smallest absolute Gasteiger partial charge is 0.128 e. The van der Waals surface area contributed by atoms with Crippen molar-refractivity contribution < 1.29 is 9.84 Å². The van der Waals surface area contributed by atoms with Crippen molar-refractivity contribution in [3.63, 3.8) is 0 Å². The Morgan fingerprint density at radius 3 is 2.83 bits per heavy atom. The molecule has 0 unspecified atom stereocenters. The zero-order valence-electron chi connectivity index (χ0n) is 13.0. The van der Waals surface area contributed by atoms with Gasteiger partial charge in [0.25, 0.3) is 0 Å². The van der Waals surface area contributed by atoms with Crippen molar-refractivity contribution in [2.45, 2.75) is 37.8 Å². The molecule has 120 valence electrons. The standard InChI is InChI=1S/C18H21N3O2/c19-10-14-12-20-11-13-2-1-3-17(18(13)14)23-16-6-4-15(5-7-16)21-8-9-22/h1-3,11-12,15-16,21-22H,4-9H2/t15-,16+. The Morgan fingerprint density at radius 1 is 1.26 bits per heavy atom. The Balaban J connectivity index is 1.72. The van der Waals surface area contributed by atoms with Crippen molar-refractivity contribution in [3.8, 4) is 11.8 Å². The molecule has 0 spiro atoms. The van der Waals surface area contributed by atoms with Crippen molar-refractivity contribution in [2.75, 3.05) is 13.2 Å². The first-order valence-electron chi connectivity index (χ1n) is 8.09. The number of pyridine rings is 1. The van der Waals surface area contributed by atoms with Gasteiger partial charge in [-0.25, -0.2) is 0 Å². The minimum atomic E-state index is 0.174. The minimum Gasteiger partial charge on any atom is -0.490 e. The van der Waals surface area contributed by atoms with E-state index >= 15 is 0 Å². The van der Waals surface area contributed by atoms with E-state index in [1.165, 1.54) is 0 Å². The fourth-order valence-corrected chi connectivity index (χ4v) is 3.22. The zero-order chi connectivity index (χ0) is 16.1. The van der Waals surface area contributed by atoms with E-state index in [-0.39, 0.29) is 12.7 Å². The van der Waals surface area contributed by atoms with Crippen LogP contribution in [0.5, 0.6) is 5.75 Å². The number of aromatic nitrogens is 1. The van der Waals surface area contributed by atoms with Gasteiger partial charge in [0.2, 0.25) is 0 Å². The Morgan fingerprint density at radius 2 is 2.09 bits per heavy atom. The lowest BCUT2D eigenvalue weighted by Gasteiger charge is -2.29. The maximum Gasteiger partial charge on any atom is 0.128 e. The van der Waals surface area contributed by atoms with E-state index in [0.29, 0.717) is 18.2 Å². The van der Waals surface area contributed by atoms with E-state index in [4.69, 9.17) is 9.84 Å². The third-order valence-electron chi connectivity index (χ3n) is 4.38. The summed E-state index contributed by atoms with van der Waals surface area (Å²) < 4.78 is 6.21. The third kappa shape index (κ3) is 3.61. The highest BCUT2D eigenvalue weighted by atomic mass is 16.5. The number of aliphatic hydroxyl groups excluding tert-OH is 1. The highest BCUT2D eigenvalue weighted by Gasteiger charge is 2.22.